The molecule has 0 saturated carbocycles. The topological polar surface area (TPSA) is 60.2 Å². The maximum absolute atomic E-state index is 12.0. The molecule has 0 amide bonds. The monoisotopic (exact) mass is 284 g/mol. The zero-order valence-corrected chi connectivity index (χ0v) is 11.0. The second-order valence-electron chi connectivity index (χ2n) is 3.56. The smallest absolute Gasteiger partial charge is 0.407 e. The third kappa shape index (κ3) is 5.13. The average molecular weight is 284 g/mol. The van der Waals surface area contributed by atoms with E-state index in [4.69, 9.17) is 4.74 Å². The molecule has 108 valence electrons. The maximum atomic E-state index is 12.0. The molecule has 0 spiro atoms. The van der Waals surface area contributed by atoms with Gasteiger partial charge in [-0.05, 0) is 26.0 Å². The average Bonchev–Trinajstić information content (AvgIpc) is 2.40. The quantitative estimate of drug-likeness (QED) is 0.458. The van der Waals surface area contributed by atoms with Crippen molar-refractivity contribution in [1.29, 1.82) is 0 Å². The fraction of sp³-hybridized carbons (Fsp3) is 0.308. The van der Waals surface area contributed by atoms with E-state index in [1.807, 2.05) is 0 Å². The summed E-state index contributed by atoms with van der Waals surface area (Å²) < 4.78 is 28.7. The Labute approximate surface area is 114 Å². The van der Waals surface area contributed by atoms with Gasteiger partial charge >= 0.3 is 12.6 Å². The van der Waals surface area contributed by atoms with Crippen LogP contribution in [0.5, 0.6) is 0 Å². The van der Waals surface area contributed by atoms with Gasteiger partial charge in [0.25, 0.3) is 0 Å². The van der Waals surface area contributed by atoms with Gasteiger partial charge in [-0.3, -0.25) is 4.99 Å². The number of carbonyl (C=O) groups is 1. The van der Waals surface area contributed by atoms with Crippen molar-refractivity contribution in [2.75, 3.05) is 6.61 Å². The molecule has 0 radical (unpaired) electrons. The minimum Gasteiger partial charge on any atom is -0.461 e. The molecule has 1 rings (SSSR count). The second kappa shape index (κ2) is 7.98. The predicted octanol–water partition coefficient (Wildman–Crippen LogP) is 2.94. The van der Waals surface area contributed by atoms with Crippen LogP contribution in [-0.2, 0) is 14.4 Å². The number of alkyl halides is 2. The molecular formula is C13H14F2N2O3. The summed E-state index contributed by atoms with van der Waals surface area (Å²) in [7, 11) is 0. The van der Waals surface area contributed by atoms with Crippen molar-refractivity contribution in [2.45, 2.75) is 20.5 Å². The van der Waals surface area contributed by atoms with E-state index in [-0.39, 0.29) is 12.3 Å². The first-order valence-corrected chi connectivity index (χ1v) is 5.84. The molecule has 7 heteroatoms. The number of nitrogens with zero attached hydrogens (tertiary/aromatic N) is 2. The lowest BCUT2D eigenvalue weighted by molar-refractivity contribution is -0.138. The summed E-state index contributed by atoms with van der Waals surface area (Å²) in [6.07, 6.45) is 0. The van der Waals surface area contributed by atoms with E-state index in [2.05, 4.69) is 15.0 Å². The van der Waals surface area contributed by atoms with E-state index in [1.165, 1.54) is 6.92 Å². The molecular weight excluding hydrogens is 270 g/mol. The number of hydrogen-bond acceptors (Lipinski definition) is 5. The fourth-order valence-electron chi connectivity index (χ4n) is 1.29. The second-order valence-corrected chi connectivity index (χ2v) is 3.56. The number of benzene rings is 1. The van der Waals surface area contributed by atoms with Gasteiger partial charge in [-0.25, -0.2) is 4.79 Å². The van der Waals surface area contributed by atoms with Gasteiger partial charge in [0.05, 0.1) is 18.0 Å². The van der Waals surface area contributed by atoms with Crippen LogP contribution in [0.4, 0.5) is 14.5 Å². The lowest BCUT2D eigenvalue weighted by Crippen LogP contribution is -2.25. The largest absolute Gasteiger partial charge is 0.461 e. The van der Waals surface area contributed by atoms with E-state index in [9.17, 15) is 13.6 Å². The van der Waals surface area contributed by atoms with Gasteiger partial charge in [-0.1, -0.05) is 23.4 Å². The summed E-state index contributed by atoms with van der Waals surface area (Å²) in [5, 5.41) is 3.10. The normalized spacial score (nSPS) is 12.4. The zero-order valence-electron chi connectivity index (χ0n) is 11.0. The standard InChI is InChI=1S/C13H14F2N2O3/c1-3-19-12(18)11(17-20-13(14)15)9(2)16-10-7-5-4-6-8-10/h4-8,13H,3H2,1-2H3. The molecule has 0 aromatic heterocycles. The van der Waals surface area contributed by atoms with Crippen LogP contribution in [0.2, 0.25) is 0 Å². The summed E-state index contributed by atoms with van der Waals surface area (Å²) in [5.74, 6) is -0.870. The van der Waals surface area contributed by atoms with Gasteiger partial charge < -0.3 is 9.57 Å². The van der Waals surface area contributed by atoms with Crippen molar-refractivity contribution >= 4 is 23.1 Å². The lowest BCUT2D eigenvalue weighted by Gasteiger charge is -2.05. The van der Waals surface area contributed by atoms with Crippen LogP contribution in [-0.4, -0.2) is 30.6 Å². The minimum absolute atomic E-state index is 0.0884. The molecule has 0 fully saturated rings. The Bertz CT molecular complexity index is 502. The summed E-state index contributed by atoms with van der Waals surface area (Å²) in [6, 6.07) is 8.70. The summed E-state index contributed by atoms with van der Waals surface area (Å²) in [4.78, 5) is 19.5. The Hall–Kier alpha value is -2.31. The molecule has 0 aliphatic carbocycles. The molecule has 0 unspecified atom stereocenters. The van der Waals surface area contributed by atoms with E-state index in [0.29, 0.717) is 5.69 Å². The fourth-order valence-corrected chi connectivity index (χ4v) is 1.29. The van der Waals surface area contributed by atoms with Gasteiger partial charge in [0.1, 0.15) is 0 Å². The number of halogens is 2. The van der Waals surface area contributed by atoms with Crippen molar-refractivity contribution in [3.63, 3.8) is 0 Å². The Morgan fingerprint density at radius 1 is 1.30 bits per heavy atom. The van der Waals surface area contributed by atoms with Crippen molar-refractivity contribution in [3.05, 3.63) is 30.3 Å². The molecule has 0 heterocycles. The Balaban J connectivity index is 3.00. The van der Waals surface area contributed by atoms with E-state index >= 15 is 0 Å². The minimum atomic E-state index is -3.12. The van der Waals surface area contributed by atoms with Gasteiger partial charge in [0.15, 0.2) is 0 Å². The number of esters is 1. The van der Waals surface area contributed by atoms with E-state index in [0.717, 1.165) is 0 Å². The summed E-state index contributed by atoms with van der Waals surface area (Å²) in [5.41, 5.74) is 0.283. The highest BCUT2D eigenvalue weighted by molar-refractivity contribution is 6.65. The molecule has 20 heavy (non-hydrogen) atoms. The van der Waals surface area contributed by atoms with Crippen molar-refractivity contribution in [2.24, 2.45) is 10.1 Å². The van der Waals surface area contributed by atoms with E-state index < -0.39 is 18.3 Å². The Morgan fingerprint density at radius 2 is 1.95 bits per heavy atom. The zero-order chi connectivity index (χ0) is 15.0. The molecule has 0 aliphatic rings. The molecule has 0 bridgehead atoms. The van der Waals surface area contributed by atoms with Crippen LogP contribution in [0.15, 0.2) is 40.5 Å². The van der Waals surface area contributed by atoms with Crippen LogP contribution < -0.4 is 0 Å². The van der Waals surface area contributed by atoms with Gasteiger partial charge in [-0.2, -0.15) is 8.78 Å². The number of aliphatic imine (C=N–C) groups is 1. The number of carbonyl (C=O) groups excluding carboxylic acids is 1. The predicted molar refractivity (Wildman–Crippen MR) is 70.4 cm³/mol. The summed E-state index contributed by atoms with van der Waals surface area (Å²) in [6.45, 7) is 0.0135. The first kappa shape index (κ1) is 15.7. The van der Waals surface area contributed by atoms with Crippen molar-refractivity contribution in [3.8, 4) is 0 Å². The highest BCUT2D eigenvalue weighted by atomic mass is 19.3. The van der Waals surface area contributed by atoms with Crippen LogP contribution in [0.3, 0.4) is 0 Å². The van der Waals surface area contributed by atoms with Crippen LogP contribution in [0.25, 0.3) is 0 Å². The molecule has 5 nitrogen and oxygen atoms in total. The number of rotatable bonds is 6. The van der Waals surface area contributed by atoms with Crippen molar-refractivity contribution in [1.82, 2.24) is 0 Å². The number of ether oxygens (including phenoxy) is 1. The molecule has 0 aliphatic heterocycles. The number of para-hydroxylation sites is 1. The highest BCUT2D eigenvalue weighted by Crippen LogP contribution is 2.11. The molecule has 0 N–H and O–H groups in total. The molecule has 0 atom stereocenters. The molecule has 1 aromatic rings. The first-order chi connectivity index (χ1) is 9.54. The SMILES string of the molecule is CCOC(=O)C(=NOC(F)F)C(C)=Nc1ccccc1. The number of hydrogen-bond donors (Lipinski definition) is 0. The first-order valence-electron chi connectivity index (χ1n) is 5.84. The van der Waals surface area contributed by atoms with E-state index in [1.54, 1.807) is 37.3 Å². The molecule has 1 aromatic carbocycles. The number of oxime groups is 1. The van der Waals surface area contributed by atoms with Gasteiger partial charge in [-0.15, -0.1) is 0 Å². The van der Waals surface area contributed by atoms with Crippen LogP contribution in [0, 0.1) is 0 Å². The molecule has 0 saturated heterocycles. The highest BCUT2D eigenvalue weighted by Gasteiger charge is 2.18. The third-order valence-corrected chi connectivity index (χ3v) is 2.09. The van der Waals surface area contributed by atoms with Gasteiger partial charge in [0.2, 0.25) is 5.71 Å². The summed E-state index contributed by atoms with van der Waals surface area (Å²) >= 11 is 0. The Morgan fingerprint density at radius 3 is 2.50 bits per heavy atom. The van der Waals surface area contributed by atoms with Crippen molar-refractivity contribution < 1.29 is 23.1 Å². The Kier molecular flexibility index (Phi) is 6.28. The maximum Gasteiger partial charge on any atom is 0.407 e. The van der Waals surface area contributed by atoms with Crippen LogP contribution >= 0.6 is 0 Å². The lowest BCUT2D eigenvalue weighted by atomic mass is 10.2. The van der Waals surface area contributed by atoms with Gasteiger partial charge in [0, 0.05) is 0 Å². The van der Waals surface area contributed by atoms with Crippen LogP contribution in [0.1, 0.15) is 13.8 Å². The third-order valence-electron chi connectivity index (χ3n) is 2.09.